The third kappa shape index (κ3) is 3.75. The highest BCUT2D eigenvalue weighted by Gasteiger charge is 2.51. The number of carbonyl (C=O) groups excluding carboxylic acids is 2. The molecule has 29 heavy (non-hydrogen) atoms. The Morgan fingerprint density at radius 3 is 2.52 bits per heavy atom. The fourth-order valence-corrected chi connectivity index (χ4v) is 4.29. The lowest BCUT2D eigenvalue weighted by Crippen LogP contribution is -2.64. The van der Waals surface area contributed by atoms with E-state index in [1.165, 1.54) is 11.3 Å². The fraction of sp³-hybridized carbons (Fsp3) is 0.571. The summed E-state index contributed by atoms with van der Waals surface area (Å²) in [4.78, 5) is 37.4. The number of para-hydroxylation sites is 1. The predicted molar refractivity (Wildman–Crippen MR) is 110 cm³/mol. The van der Waals surface area contributed by atoms with Gasteiger partial charge < -0.3 is 19.4 Å². The monoisotopic (exact) mass is 399 g/mol. The van der Waals surface area contributed by atoms with Crippen molar-refractivity contribution in [2.45, 2.75) is 37.9 Å². The van der Waals surface area contributed by atoms with Gasteiger partial charge in [0.15, 0.2) is 18.2 Å². The van der Waals surface area contributed by atoms with Crippen LogP contribution in [0.15, 0.2) is 35.3 Å². The third-order valence-electron chi connectivity index (χ3n) is 5.89. The van der Waals surface area contributed by atoms with E-state index in [1.54, 1.807) is 19.0 Å². The van der Waals surface area contributed by atoms with Crippen molar-refractivity contribution in [1.82, 2.24) is 19.6 Å². The molecule has 3 aliphatic heterocycles. The van der Waals surface area contributed by atoms with Crippen LogP contribution in [0, 0.1) is 0 Å². The van der Waals surface area contributed by atoms with E-state index in [1.807, 2.05) is 30.3 Å². The standard InChI is InChI=1S/C21H29N5O3/c1-23-18-17(19(27)24(2)21(23)28)26(20(22-18)25-12-7-4-8-13-25)14-9-15-29-16-10-5-3-6-11-16/h3,5-6,10-11,17-18H,4,7-9,12-15H2,1-2H3. The zero-order valence-electron chi connectivity index (χ0n) is 17.2. The normalized spacial score (nSPS) is 24.7. The number of nitrogens with zero attached hydrogens (tertiary/aromatic N) is 5. The summed E-state index contributed by atoms with van der Waals surface area (Å²) < 4.78 is 5.83. The Balaban J connectivity index is 1.49. The third-order valence-corrected chi connectivity index (χ3v) is 5.89. The number of carbonyl (C=O) groups is 2. The van der Waals surface area contributed by atoms with E-state index in [4.69, 9.17) is 9.73 Å². The van der Waals surface area contributed by atoms with Crippen molar-refractivity contribution in [1.29, 1.82) is 0 Å². The summed E-state index contributed by atoms with van der Waals surface area (Å²) in [5.74, 6) is 1.51. The van der Waals surface area contributed by atoms with Gasteiger partial charge >= 0.3 is 6.03 Å². The molecule has 2 unspecified atom stereocenters. The van der Waals surface area contributed by atoms with E-state index < -0.39 is 12.2 Å². The zero-order valence-corrected chi connectivity index (χ0v) is 17.2. The Morgan fingerprint density at radius 1 is 1.07 bits per heavy atom. The number of piperidine rings is 1. The predicted octanol–water partition coefficient (Wildman–Crippen LogP) is 1.83. The number of likely N-dealkylation sites (tertiary alicyclic amines) is 1. The number of urea groups is 1. The molecule has 3 amide bonds. The lowest BCUT2D eigenvalue weighted by molar-refractivity contribution is -0.136. The Bertz CT molecular complexity index is 778. The van der Waals surface area contributed by atoms with Crippen LogP contribution >= 0.6 is 0 Å². The number of imide groups is 1. The van der Waals surface area contributed by atoms with Gasteiger partial charge in [0.25, 0.3) is 5.91 Å². The van der Waals surface area contributed by atoms with Gasteiger partial charge in [-0.15, -0.1) is 0 Å². The van der Waals surface area contributed by atoms with E-state index in [0.717, 1.165) is 44.1 Å². The van der Waals surface area contributed by atoms with E-state index in [2.05, 4.69) is 9.80 Å². The van der Waals surface area contributed by atoms with Crippen LogP contribution in [0.4, 0.5) is 4.79 Å². The lowest BCUT2D eigenvalue weighted by Gasteiger charge is -2.41. The van der Waals surface area contributed by atoms with Crippen LogP contribution in [0.3, 0.4) is 0 Å². The Kier molecular flexibility index (Phi) is 5.60. The van der Waals surface area contributed by atoms with Crippen molar-refractivity contribution in [3.8, 4) is 5.75 Å². The zero-order chi connectivity index (χ0) is 20.4. The molecule has 0 aromatic heterocycles. The second-order valence-corrected chi connectivity index (χ2v) is 7.83. The maximum atomic E-state index is 13.0. The average Bonchev–Trinajstić information content (AvgIpc) is 3.15. The van der Waals surface area contributed by atoms with Crippen LogP contribution in [0.1, 0.15) is 25.7 Å². The molecule has 2 atom stereocenters. The molecule has 4 rings (SSSR count). The van der Waals surface area contributed by atoms with Gasteiger partial charge in [0, 0.05) is 33.7 Å². The molecule has 0 bridgehead atoms. The van der Waals surface area contributed by atoms with Crippen LogP contribution in [-0.2, 0) is 4.79 Å². The van der Waals surface area contributed by atoms with Gasteiger partial charge in [-0.3, -0.25) is 9.69 Å². The number of ether oxygens (including phenoxy) is 1. The van der Waals surface area contributed by atoms with Gasteiger partial charge in [-0.1, -0.05) is 18.2 Å². The number of hydrogen-bond donors (Lipinski definition) is 0. The number of aliphatic imine (C=N–C) groups is 1. The van der Waals surface area contributed by atoms with Gasteiger partial charge in [0.05, 0.1) is 6.61 Å². The van der Waals surface area contributed by atoms with Crippen molar-refractivity contribution < 1.29 is 14.3 Å². The second kappa shape index (κ2) is 8.31. The molecule has 0 radical (unpaired) electrons. The molecule has 1 aromatic rings. The molecule has 1 aromatic carbocycles. The summed E-state index contributed by atoms with van der Waals surface area (Å²) in [5, 5.41) is 0. The van der Waals surface area contributed by atoms with Crippen molar-refractivity contribution in [2.75, 3.05) is 40.3 Å². The molecule has 0 spiro atoms. The smallest absolute Gasteiger partial charge is 0.328 e. The van der Waals surface area contributed by atoms with Gasteiger partial charge in [0.1, 0.15) is 5.75 Å². The minimum atomic E-state index is -0.462. The van der Waals surface area contributed by atoms with E-state index >= 15 is 0 Å². The minimum absolute atomic E-state index is 0.183. The summed E-state index contributed by atoms with van der Waals surface area (Å²) >= 11 is 0. The molecule has 3 aliphatic rings. The van der Waals surface area contributed by atoms with Gasteiger partial charge in [-0.2, -0.15) is 0 Å². The van der Waals surface area contributed by atoms with Crippen LogP contribution in [-0.4, -0.2) is 90.0 Å². The molecule has 2 fully saturated rings. The number of benzene rings is 1. The molecule has 2 saturated heterocycles. The maximum absolute atomic E-state index is 13.0. The number of hydrogen-bond acceptors (Lipinski definition) is 6. The highest BCUT2D eigenvalue weighted by atomic mass is 16.5. The summed E-state index contributed by atoms with van der Waals surface area (Å²) in [5.41, 5.74) is 0. The van der Waals surface area contributed by atoms with Gasteiger partial charge in [-0.05, 0) is 37.8 Å². The minimum Gasteiger partial charge on any atom is -0.494 e. The van der Waals surface area contributed by atoms with E-state index in [9.17, 15) is 9.59 Å². The molecule has 8 heteroatoms. The van der Waals surface area contributed by atoms with E-state index in [-0.39, 0.29) is 11.9 Å². The molecule has 0 N–H and O–H groups in total. The fourth-order valence-electron chi connectivity index (χ4n) is 4.29. The Labute approximate surface area is 171 Å². The van der Waals surface area contributed by atoms with Crippen molar-refractivity contribution in [3.63, 3.8) is 0 Å². The molecular formula is C21H29N5O3. The summed E-state index contributed by atoms with van der Waals surface area (Å²) in [6.45, 7) is 3.10. The molecule has 0 saturated carbocycles. The summed E-state index contributed by atoms with van der Waals surface area (Å²) in [7, 11) is 3.27. The summed E-state index contributed by atoms with van der Waals surface area (Å²) in [6.07, 6.45) is 3.78. The quantitative estimate of drug-likeness (QED) is 0.707. The first-order valence-electron chi connectivity index (χ1n) is 10.4. The Morgan fingerprint density at radius 2 is 1.79 bits per heavy atom. The lowest BCUT2D eigenvalue weighted by atomic mass is 10.1. The molecular weight excluding hydrogens is 370 g/mol. The molecule has 156 valence electrons. The SMILES string of the molecule is CN1C(=O)C2C(N=C(N3CCCCC3)N2CCCOc2ccccc2)N(C)C1=O. The highest BCUT2D eigenvalue weighted by molar-refractivity contribution is 6.03. The average molecular weight is 399 g/mol. The number of likely N-dealkylation sites (N-methyl/N-ethyl adjacent to an activating group) is 2. The van der Waals surface area contributed by atoms with Crippen LogP contribution in [0.25, 0.3) is 0 Å². The van der Waals surface area contributed by atoms with Gasteiger partial charge in [-0.25, -0.2) is 9.79 Å². The Hall–Kier alpha value is -2.77. The van der Waals surface area contributed by atoms with E-state index in [0.29, 0.717) is 13.2 Å². The van der Waals surface area contributed by atoms with Gasteiger partial charge in [0.2, 0.25) is 0 Å². The number of guanidine groups is 1. The number of amides is 3. The molecule has 3 heterocycles. The van der Waals surface area contributed by atoms with Crippen molar-refractivity contribution >= 4 is 17.9 Å². The van der Waals surface area contributed by atoms with Crippen molar-refractivity contribution in [3.05, 3.63) is 30.3 Å². The molecule has 8 nitrogen and oxygen atoms in total. The maximum Gasteiger partial charge on any atom is 0.328 e. The number of rotatable bonds is 5. The summed E-state index contributed by atoms with van der Waals surface area (Å²) in [6, 6.07) is 8.97. The first-order chi connectivity index (χ1) is 14.1. The first-order valence-corrected chi connectivity index (χ1v) is 10.4. The van der Waals surface area contributed by atoms with Crippen molar-refractivity contribution in [2.24, 2.45) is 4.99 Å². The highest BCUT2D eigenvalue weighted by Crippen LogP contribution is 2.29. The molecule has 0 aliphatic carbocycles. The van der Waals surface area contributed by atoms with Crippen LogP contribution < -0.4 is 4.74 Å². The van der Waals surface area contributed by atoms with Crippen LogP contribution in [0.5, 0.6) is 5.75 Å². The van der Waals surface area contributed by atoms with Crippen LogP contribution in [0.2, 0.25) is 0 Å². The second-order valence-electron chi connectivity index (χ2n) is 7.83. The first kappa shape index (κ1) is 19.5. The largest absolute Gasteiger partial charge is 0.494 e. The topological polar surface area (TPSA) is 68.7 Å². The number of fused-ring (bicyclic) bond motifs is 1.